The fourth-order valence-corrected chi connectivity index (χ4v) is 13.3. The molecule has 9 rings (SSSR count). The standard InChI is InChI=1S/C69H88N2/c1-11-13-15-17-19-27-41-69(42-28-20-18-16-14-12-2)61-47-53(70(51-29-23-21-24-30-51)55-35-39-59-63(49-55)67(7,8)45-43-65(59,3)4)33-37-57(61)58-38-34-54(48-62(58)69)71(52-31-25-22-26-32-52)56-36-40-60-64(50-56)68(9,10)46-44-66(60,5)6/h21-26,29-40,47-50H,11-20,27-28,41-46H2,1-10H3. The lowest BCUT2D eigenvalue weighted by atomic mass is 9.63. The first-order valence-corrected chi connectivity index (χ1v) is 28.4. The van der Waals surface area contributed by atoms with Gasteiger partial charge in [-0.3, -0.25) is 0 Å². The summed E-state index contributed by atoms with van der Waals surface area (Å²) in [4.78, 5) is 5.14. The molecule has 0 heterocycles. The van der Waals surface area contributed by atoms with E-state index >= 15 is 0 Å². The number of anilines is 6. The molecule has 0 N–H and O–H groups in total. The highest BCUT2D eigenvalue weighted by molar-refractivity contribution is 5.89. The van der Waals surface area contributed by atoms with Crippen LogP contribution in [-0.2, 0) is 27.1 Å². The molecule has 2 nitrogen and oxygen atoms in total. The Labute approximate surface area is 431 Å². The van der Waals surface area contributed by atoms with Crippen LogP contribution in [0.2, 0.25) is 0 Å². The summed E-state index contributed by atoms with van der Waals surface area (Å²) in [6, 6.07) is 52.5. The Hall–Kier alpha value is -5.08. The Balaban J connectivity index is 1.22. The summed E-state index contributed by atoms with van der Waals surface area (Å²) < 4.78 is 0. The largest absolute Gasteiger partial charge is 0.310 e. The highest BCUT2D eigenvalue weighted by atomic mass is 15.1. The lowest BCUT2D eigenvalue weighted by molar-refractivity contribution is 0.332. The average molecular weight is 945 g/mol. The van der Waals surface area contributed by atoms with E-state index in [0.717, 1.165) is 0 Å². The number of benzene rings is 6. The third kappa shape index (κ3) is 10.2. The third-order valence-corrected chi connectivity index (χ3v) is 18.0. The number of nitrogens with zero attached hydrogens (tertiary/aromatic N) is 2. The molecule has 3 aliphatic rings. The van der Waals surface area contributed by atoms with Gasteiger partial charge in [-0.05, 0) is 177 Å². The minimum atomic E-state index is -0.110. The minimum Gasteiger partial charge on any atom is -0.310 e. The first-order chi connectivity index (χ1) is 34.1. The van der Waals surface area contributed by atoms with E-state index in [1.807, 2.05) is 0 Å². The van der Waals surface area contributed by atoms with E-state index < -0.39 is 0 Å². The summed E-state index contributed by atoms with van der Waals surface area (Å²) in [6.07, 6.45) is 22.8. The fraction of sp³-hybridized carbons (Fsp3) is 0.478. The molecule has 0 unspecified atom stereocenters. The van der Waals surface area contributed by atoms with Crippen LogP contribution in [0.3, 0.4) is 0 Å². The van der Waals surface area contributed by atoms with E-state index in [9.17, 15) is 0 Å². The number of rotatable bonds is 20. The van der Waals surface area contributed by atoms with Crippen LogP contribution in [-0.4, -0.2) is 0 Å². The average Bonchev–Trinajstić information content (AvgIpc) is 3.63. The smallest absolute Gasteiger partial charge is 0.0465 e. The third-order valence-electron chi connectivity index (χ3n) is 18.0. The Kier molecular flexibility index (Phi) is 14.9. The highest BCUT2D eigenvalue weighted by Gasteiger charge is 2.44. The van der Waals surface area contributed by atoms with Crippen molar-refractivity contribution in [2.24, 2.45) is 0 Å². The van der Waals surface area contributed by atoms with Crippen LogP contribution in [0, 0.1) is 0 Å². The van der Waals surface area contributed by atoms with Crippen LogP contribution in [0.25, 0.3) is 11.1 Å². The molecule has 71 heavy (non-hydrogen) atoms. The molecule has 2 heteroatoms. The molecular weight excluding hydrogens is 857 g/mol. The summed E-state index contributed by atoms with van der Waals surface area (Å²) in [5, 5.41) is 0. The molecule has 0 radical (unpaired) electrons. The van der Waals surface area contributed by atoms with Crippen molar-refractivity contribution < 1.29 is 0 Å². The van der Waals surface area contributed by atoms with E-state index in [-0.39, 0.29) is 27.1 Å². The second-order valence-corrected chi connectivity index (χ2v) is 24.9. The van der Waals surface area contributed by atoms with Crippen LogP contribution in [0.5, 0.6) is 0 Å². The summed E-state index contributed by atoms with van der Waals surface area (Å²) in [7, 11) is 0. The van der Waals surface area contributed by atoms with Gasteiger partial charge < -0.3 is 9.80 Å². The van der Waals surface area contributed by atoms with E-state index in [2.05, 4.69) is 212 Å². The van der Waals surface area contributed by atoms with E-state index in [1.54, 1.807) is 0 Å². The van der Waals surface area contributed by atoms with Gasteiger partial charge in [-0.2, -0.15) is 0 Å². The molecule has 3 aliphatic carbocycles. The van der Waals surface area contributed by atoms with Gasteiger partial charge in [-0.1, -0.05) is 207 Å². The van der Waals surface area contributed by atoms with Crippen molar-refractivity contribution in [3.63, 3.8) is 0 Å². The van der Waals surface area contributed by atoms with E-state index in [0.29, 0.717) is 0 Å². The van der Waals surface area contributed by atoms with Gasteiger partial charge in [0.05, 0.1) is 0 Å². The van der Waals surface area contributed by atoms with Gasteiger partial charge >= 0.3 is 0 Å². The van der Waals surface area contributed by atoms with E-state index in [1.165, 1.54) is 194 Å². The molecule has 0 aromatic heterocycles. The SMILES string of the molecule is CCCCCCCCC1(CCCCCCCC)c2cc(N(c3ccccc3)c3ccc4c(c3)C(C)(C)CCC4(C)C)ccc2-c2ccc(N(c3ccccc3)c3ccc4c(c3)C(C)(C)CCC4(C)C)cc21. The monoisotopic (exact) mass is 945 g/mol. The molecule has 0 fully saturated rings. The Morgan fingerprint density at radius 1 is 0.310 bits per heavy atom. The number of fused-ring (bicyclic) bond motifs is 5. The van der Waals surface area contributed by atoms with Crippen LogP contribution >= 0.6 is 0 Å². The zero-order valence-corrected chi connectivity index (χ0v) is 45.8. The molecule has 0 atom stereocenters. The number of hydrogen-bond donors (Lipinski definition) is 0. The van der Waals surface area contributed by atoms with Gasteiger partial charge in [-0.25, -0.2) is 0 Å². The number of hydrogen-bond acceptors (Lipinski definition) is 2. The Morgan fingerprint density at radius 3 is 0.986 bits per heavy atom. The fourth-order valence-electron chi connectivity index (χ4n) is 13.3. The predicted octanol–water partition coefficient (Wildman–Crippen LogP) is 21.1. The molecule has 0 bridgehead atoms. The van der Waals surface area contributed by atoms with Crippen LogP contribution < -0.4 is 9.80 Å². The maximum atomic E-state index is 2.66. The lowest BCUT2D eigenvalue weighted by Gasteiger charge is -2.42. The Bertz CT molecular complexity index is 2560. The van der Waals surface area contributed by atoms with Gasteiger partial charge in [0.25, 0.3) is 0 Å². The molecule has 6 aromatic carbocycles. The predicted molar refractivity (Wildman–Crippen MR) is 309 cm³/mol. The zero-order valence-electron chi connectivity index (χ0n) is 45.8. The van der Waals surface area contributed by atoms with Crippen LogP contribution in [0.15, 0.2) is 133 Å². The normalized spacial score (nSPS) is 17.4. The van der Waals surface area contributed by atoms with Crippen molar-refractivity contribution in [3.8, 4) is 11.1 Å². The van der Waals surface area contributed by atoms with Crippen molar-refractivity contribution in [3.05, 3.63) is 167 Å². The maximum absolute atomic E-state index is 2.66. The van der Waals surface area contributed by atoms with Gasteiger partial charge in [0.2, 0.25) is 0 Å². The summed E-state index contributed by atoms with van der Waals surface area (Å²) in [5.74, 6) is 0. The molecule has 0 aliphatic heterocycles. The molecule has 0 amide bonds. The topological polar surface area (TPSA) is 6.48 Å². The summed E-state index contributed by atoms with van der Waals surface area (Å²) >= 11 is 0. The lowest BCUT2D eigenvalue weighted by Crippen LogP contribution is -2.34. The zero-order chi connectivity index (χ0) is 50.0. The number of unbranched alkanes of at least 4 members (excludes halogenated alkanes) is 10. The van der Waals surface area contributed by atoms with Gasteiger partial charge in [0, 0.05) is 39.5 Å². The molecule has 0 saturated carbocycles. The Morgan fingerprint density at radius 2 is 0.620 bits per heavy atom. The highest BCUT2D eigenvalue weighted by Crippen LogP contribution is 2.58. The first kappa shape index (κ1) is 50.8. The van der Waals surface area contributed by atoms with E-state index in [4.69, 9.17) is 0 Å². The first-order valence-electron chi connectivity index (χ1n) is 28.4. The molecular formula is C69H88N2. The second kappa shape index (κ2) is 20.8. The van der Waals surface area contributed by atoms with Crippen molar-refractivity contribution in [1.82, 2.24) is 0 Å². The molecule has 0 spiro atoms. The van der Waals surface area contributed by atoms with Crippen molar-refractivity contribution in [2.45, 2.75) is 212 Å². The summed E-state index contributed by atoms with van der Waals surface area (Å²) in [5.41, 5.74) is 19.9. The van der Waals surface area contributed by atoms with Gasteiger partial charge in [0.15, 0.2) is 0 Å². The van der Waals surface area contributed by atoms with Crippen LogP contribution in [0.4, 0.5) is 34.1 Å². The van der Waals surface area contributed by atoms with Gasteiger partial charge in [0.1, 0.15) is 0 Å². The maximum Gasteiger partial charge on any atom is 0.0465 e. The van der Waals surface area contributed by atoms with Crippen molar-refractivity contribution in [1.29, 1.82) is 0 Å². The van der Waals surface area contributed by atoms with Crippen molar-refractivity contribution >= 4 is 34.1 Å². The molecule has 0 saturated heterocycles. The quantitative estimate of drug-likeness (QED) is 0.0704. The van der Waals surface area contributed by atoms with Crippen molar-refractivity contribution in [2.75, 3.05) is 9.80 Å². The molecule has 6 aromatic rings. The second-order valence-electron chi connectivity index (χ2n) is 24.9. The van der Waals surface area contributed by atoms with Crippen LogP contribution in [0.1, 0.15) is 218 Å². The molecule has 374 valence electrons. The minimum absolute atomic E-state index is 0.110. The summed E-state index contributed by atoms with van der Waals surface area (Å²) in [6.45, 7) is 24.3. The number of para-hydroxylation sites is 2. The van der Waals surface area contributed by atoms with Gasteiger partial charge in [-0.15, -0.1) is 0 Å².